The number of benzene rings is 1. The maximum Gasteiger partial charge on any atom is 0.235 e. The van der Waals surface area contributed by atoms with Gasteiger partial charge in [-0.2, -0.15) is 0 Å². The summed E-state index contributed by atoms with van der Waals surface area (Å²) in [5.74, 6) is 0. The number of rotatable bonds is 4. The molecule has 0 spiro atoms. The van der Waals surface area contributed by atoms with E-state index in [1.165, 1.54) is 6.08 Å². The Balaban J connectivity index is 2.78. The van der Waals surface area contributed by atoms with Gasteiger partial charge in [-0.1, -0.05) is 24.3 Å². The second kappa shape index (κ2) is 5.01. The Bertz CT molecular complexity index is 341. The zero-order chi connectivity index (χ0) is 9.52. The lowest BCUT2D eigenvalue weighted by atomic mass is 10.1. The molecule has 0 heterocycles. The minimum absolute atomic E-state index is 0.330. The van der Waals surface area contributed by atoms with Crippen LogP contribution in [-0.2, 0) is 22.6 Å². The van der Waals surface area contributed by atoms with Crippen LogP contribution in [0.5, 0.6) is 0 Å². The Labute approximate surface area is 76.1 Å². The van der Waals surface area contributed by atoms with Crippen molar-refractivity contribution in [3.8, 4) is 0 Å². The summed E-state index contributed by atoms with van der Waals surface area (Å²) < 4.78 is 0. The molecule has 0 N–H and O–H groups in total. The molecule has 0 saturated heterocycles. The molecule has 1 aromatic rings. The summed E-state index contributed by atoms with van der Waals surface area (Å²) >= 11 is 0. The number of hydrogen-bond acceptors (Lipinski definition) is 3. The molecule has 0 aliphatic carbocycles. The van der Waals surface area contributed by atoms with E-state index in [0.717, 1.165) is 17.4 Å². The first-order valence-electron chi connectivity index (χ1n) is 3.92. The largest absolute Gasteiger partial charge is 0.303 e. The third-order valence-electron chi connectivity index (χ3n) is 1.64. The molecule has 0 saturated carbocycles. The van der Waals surface area contributed by atoms with Crippen LogP contribution in [0.2, 0.25) is 0 Å². The second-order valence-corrected chi connectivity index (χ2v) is 2.60. The van der Waals surface area contributed by atoms with E-state index in [4.69, 9.17) is 0 Å². The quantitative estimate of drug-likeness (QED) is 0.393. The SMILES string of the molecule is O=C=NCc1cccc(CC=O)c1. The number of carbonyl (C=O) groups excluding carboxylic acids is 2. The molecule has 3 heteroatoms. The monoisotopic (exact) mass is 175 g/mol. The second-order valence-electron chi connectivity index (χ2n) is 2.60. The van der Waals surface area contributed by atoms with Crippen LogP contribution in [0.15, 0.2) is 29.3 Å². The summed E-state index contributed by atoms with van der Waals surface area (Å²) in [4.78, 5) is 23.5. The van der Waals surface area contributed by atoms with Gasteiger partial charge in [-0.25, -0.2) is 9.79 Å². The van der Waals surface area contributed by atoms with Crippen molar-refractivity contribution in [2.24, 2.45) is 4.99 Å². The summed E-state index contributed by atoms with van der Waals surface area (Å²) in [5, 5.41) is 0. The van der Waals surface area contributed by atoms with Crippen LogP contribution in [-0.4, -0.2) is 12.4 Å². The lowest BCUT2D eigenvalue weighted by Crippen LogP contribution is -1.88. The van der Waals surface area contributed by atoms with Gasteiger partial charge in [0.15, 0.2) is 0 Å². The van der Waals surface area contributed by atoms with Crippen molar-refractivity contribution in [2.45, 2.75) is 13.0 Å². The zero-order valence-corrected chi connectivity index (χ0v) is 7.06. The van der Waals surface area contributed by atoms with Gasteiger partial charge >= 0.3 is 0 Å². The maximum atomic E-state index is 10.2. The standard InChI is InChI=1S/C10H9NO2/c12-5-4-9-2-1-3-10(6-9)7-11-8-13/h1-3,5-6H,4,7H2. The molecular weight excluding hydrogens is 166 g/mol. The number of hydrogen-bond donors (Lipinski definition) is 0. The van der Waals surface area contributed by atoms with Gasteiger partial charge in [0, 0.05) is 6.42 Å². The molecule has 0 bridgehead atoms. The average Bonchev–Trinajstić information content (AvgIpc) is 2.16. The van der Waals surface area contributed by atoms with Crippen LogP contribution in [0, 0.1) is 0 Å². The molecule has 1 rings (SSSR count). The van der Waals surface area contributed by atoms with Gasteiger partial charge in [-0.15, -0.1) is 0 Å². The highest BCUT2D eigenvalue weighted by Crippen LogP contribution is 2.06. The first-order chi connectivity index (χ1) is 6.36. The summed E-state index contributed by atoms with van der Waals surface area (Å²) in [6.07, 6.45) is 2.72. The van der Waals surface area contributed by atoms with Gasteiger partial charge in [0.2, 0.25) is 6.08 Å². The van der Waals surface area contributed by atoms with E-state index in [9.17, 15) is 9.59 Å². The highest BCUT2D eigenvalue weighted by molar-refractivity contribution is 5.55. The molecule has 0 atom stereocenters. The average molecular weight is 175 g/mol. The van der Waals surface area contributed by atoms with E-state index >= 15 is 0 Å². The molecule has 0 aliphatic heterocycles. The van der Waals surface area contributed by atoms with Gasteiger partial charge in [0.25, 0.3) is 0 Å². The van der Waals surface area contributed by atoms with Crippen molar-refractivity contribution in [1.82, 2.24) is 0 Å². The minimum Gasteiger partial charge on any atom is -0.303 e. The minimum atomic E-state index is 0.330. The molecular formula is C10H9NO2. The number of aliphatic imine (C=N–C) groups is 1. The van der Waals surface area contributed by atoms with Crippen molar-refractivity contribution in [3.05, 3.63) is 35.4 Å². The molecule has 0 fully saturated rings. The van der Waals surface area contributed by atoms with Gasteiger partial charge in [0.05, 0.1) is 6.54 Å². The van der Waals surface area contributed by atoms with E-state index in [1.807, 2.05) is 24.3 Å². The Hall–Kier alpha value is -1.73. The maximum absolute atomic E-state index is 10.2. The molecule has 0 amide bonds. The lowest BCUT2D eigenvalue weighted by Gasteiger charge is -1.97. The highest BCUT2D eigenvalue weighted by Gasteiger charge is 1.94. The van der Waals surface area contributed by atoms with E-state index in [-0.39, 0.29) is 0 Å². The third kappa shape index (κ3) is 3.01. The Morgan fingerprint density at radius 1 is 1.38 bits per heavy atom. The number of isocyanates is 1. The predicted octanol–water partition coefficient (Wildman–Crippen LogP) is 1.26. The number of aldehydes is 1. The topological polar surface area (TPSA) is 46.5 Å². The Morgan fingerprint density at radius 3 is 2.85 bits per heavy atom. The van der Waals surface area contributed by atoms with Crippen LogP contribution in [0.1, 0.15) is 11.1 Å². The van der Waals surface area contributed by atoms with Crippen LogP contribution < -0.4 is 0 Å². The molecule has 0 aromatic heterocycles. The van der Waals surface area contributed by atoms with Gasteiger partial charge in [0.1, 0.15) is 6.29 Å². The summed E-state index contributed by atoms with van der Waals surface area (Å²) in [5.41, 5.74) is 1.86. The fraction of sp³-hybridized carbons (Fsp3) is 0.200. The van der Waals surface area contributed by atoms with Crippen LogP contribution in [0.3, 0.4) is 0 Å². The summed E-state index contributed by atoms with van der Waals surface area (Å²) in [6.45, 7) is 0.330. The molecule has 0 unspecified atom stereocenters. The first-order valence-corrected chi connectivity index (χ1v) is 3.92. The zero-order valence-electron chi connectivity index (χ0n) is 7.06. The molecule has 0 aliphatic rings. The predicted molar refractivity (Wildman–Crippen MR) is 48.0 cm³/mol. The van der Waals surface area contributed by atoms with Crippen LogP contribution in [0.4, 0.5) is 0 Å². The third-order valence-corrected chi connectivity index (χ3v) is 1.64. The highest BCUT2D eigenvalue weighted by atomic mass is 16.1. The van der Waals surface area contributed by atoms with Gasteiger partial charge in [-0.3, -0.25) is 0 Å². The molecule has 3 nitrogen and oxygen atoms in total. The number of carbonyl (C=O) groups is 1. The van der Waals surface area contributed by atoms with Crippen molar-refractivity contribution < 1.29 is 9.59 Å². The van der Waals surface area contributed by atoms with E-state index in [1.54, 1.807) is 0 Å². The number of nitrogens with zero attached hydrogens (tertiary/aromatic N) is 1. The van der Waals surface area contributed by atoms with Crippen molar-refractivity contribution in [1.29, 1.82) is 0 Å². The fourth-order valence-electron chi connectivity index (χ4n) is 1.07. The first kappa shape index (κ1) is 9.36. The van der Waals surface area contributed by atoms with E-state index < -0.39 is 0 Å². The molecule has 1 aromatic carbocycles. The summed E-state index contributed by atoms with van der Waals surface area (Å²) in [7, 11) is 0. The summed E-state index contributed by atoms with van der Waals surface area (Å²) in [6, 6.07) is 7.42. The van der Waals surface area contributed by atoms with Crippen molar-refractivity contribution >= 4 is 12.4 Å². The smallest absolute Gasteiger partial charge is 0.235 e. The van der Waals surface area contributed by atoms with Crippen LogP contribution in [0.25, 0.3) is 0 Å². The van der Waals surface area contributed by atoms with Gasteiger partial charge < -0.3 is 4.79 Å². The van der Waals surface area contributed by atoms with Crippen molar-refractivity contribution in [3.63, 3.8) is 0 Å². The molecule has 13 heavy (non-hydrogen) atoms. The van der Waals surface area contributed by atoms with E-state index in [2.05, 4.69) is 4.99 Å². The normalized spacial score (nSPS) is 8.92. The molecule has 0 radical (unpaired) electrons. The fourth-order valence-corrected chi connectivity index (χ4v) is 1.07. The van der Waals surface area contributed by atoms with Crippen molar-refractivity contribution in [2.75, 3.05) is 0 Å². The Kier molecular flexibility index (Phi) is 3.61. The lowest BCUT2D eigenvalue weighted by molar-refractivity contribution is -0.107. The Morgan fingerprint density at radius 2 is 2.15 bits per heavy atom. The molecule has 66 valence electrons. The van der Waals surface area contributed by atoms with Crippen LogP contribution >= 0.6 is 0 Å². The van der Waals surface area contributed by atoms with Gasteiger partial charge in [-0.05, 0) is 11.1 Å². The van der Waals surface area contributed by atoms with E-state index in [0.29, 0.717) is 13.0 Å².